The van der Waals surface area contributed by atoms with E-state index in [1.807, 2.05) is 31.6 Å². The Kier molecular flexibility index (Phi) is 3.91. The number of hydrogen-bond donors (Lipinski definition) is 1. The van der Waals surface area contributed by atoms with Gasteiger partial charge in [0.25, 0.3) is 0 Å². The number of aryl methyl sites for hydroxylation is 1. The smallest absolute Gasteiger partial charge is 0.118 e. The van der Waals surface area contributed by atoms with Crippen molar-refractivity contribution >= 4 is 11.8 Å². The predicted molar refractivity (Wildman–Crippen MR) is 68.8 cm³/mol. The first-order chi connectivity index (χ1) is 8.20. The van der Waals surface area contributed by atoms with Crippen LogP contribution in [0, 0.1) is 0 Å². The average Bonchev–Trinajstić information content (AvgIpc) is 2.96. The summed E-state index contributed by atoms with van der Waals surface area (Å²) >= 11 is 1.70. The van der Waals surface area contributed by atoms with Gasteiger partial charge in [0.1, 0.15) is 5.76 Å². The molecule has 2 atom stereocenters. The van der Waals surface area contributed by atoms with E-state index in [0.29, 0.717) is 0 Å². The normalized spacial score (nSPS) is 14.8. The first kappa shape index (κ1) is 12.3. The summed E-state index contributed by atoms with van der Waals surface area (Å²) < 4.78 is 7.26. The number of aromatic nitrogens is 2. The number of furan rings is 1. The van der Waals surface area contributed by atoms with Gasteiger partial charge in [-0.15, -0.1) is 11.8 Å². The van der Waals surface area contributed by atoms with Crippen LogP contribution >= 0.6 is 11.8 Å². The van der Waals surface area contributed by atoms with Crippen LogP contribution in [0.3, 0.4) is 0 Å². The largest absolute Gasteiger partial charge is 0.468 e. The fraction of sp³-hybridized carbons (Fsp3) is 0.417. The topological polar surface area (TPSA) is 57.0 Å². The maximum atomic E-state index is 6.16. The van der Waals surface area contributed by atoms with Gasteiger partial charge in [0.15, 0.2) is 0 Å². The summed E-state index contributed by atoms with van der Waals surface area (Å²) in [6.45, 7) is 2.09. The lowest BCUT2D eigenvalue weighted by molar-refractivity contribution is 0.474. The van der Waals surface area contributed by atoms with Crippen LogP contribution in [0.5, 0.6) is 0 Å². The van der Waals surface area contributed by atoms with Crippen LogP contribution in [0.25, 0.3) is 0 Å². The van der Waals surface area contributed by atoms with Gasteiger partial charge in [0, 0.05) is 24.2 Å². The molecule has 0 fully saturated rings. The fourth-order valence-corrected chi connectivity index (χ4v) is 2.86. The Morgan fingerprint density at radius 3 is 2.94 bits per heavy atom. The number of hydrogen-bond acceptors (Lipinski definition) is 4. The number of thioether (sulfide) groups is 1. The van der Waals surface area contributed by atoms with E-state index in [-0.39, 0.29) is 11.3 Å². The fourth-order valence-electron chi connectivity index (χ4n) is 1.63. The van der Waals surface area contributed by atoms with Crippen molar-refractivity contribution in [3.8, 4) is 0 Å². The van der Waals surface area contributed by atoms with Gasteiger partial charge in [-0.2, -0.15) is 5.10 Å². The minimum absolute atomic E-state index is 0.0753. The van der Waals surface area contributed by atoms with Crippen LogP contribution in [0.15, 0.2) is 40.1 Å². The summed E-state index contributed by atoms with van der Waals surface area (Å²) in [4.78, 5) is 1.11. The molecule has 4 nitrogen and oxygen atoms in total. The molecule has 2 rings (SSSR count). The first-order valence-corrected chi connectivity index (χ1v) is 6.53. The van der Waals surface area contributed by atoms with Crippen molar-refractivity contribution < 1.29 is 4.42 Å². The van der Waals surface area contributed by atoms with Crippen LogP contribution in [-0.4, -0.2) is 15.8 Å². The van der Waals surface area contributed by atoms with E-state index in [1.165, 1.54) is 0 Å². The molecule has 2 heterocycles. The second-order valence-corrected chi connectivity index (χ2v) is 5.19. The maximum Gasteiger partial charge on any atom is 0.118 e. The summed E-state index contributed by atoms with van der Waals surface area (Å²) in [5, 5.41) is 4.30. The van der Waals surface area contributed by atoms with E-state index >= 15 is 0 Å². The van der Waals surface area contributed by atoms with Crippen molar-refractivity contribution in [2.45, 2.75) is 29.5 Å². The lowest BCUT2D eigenvalue weighted by atomic mass is 10.1. The molecule has 0 aromatic carbocycles. The quantitative estimate of drug-likeness (QED) is 0.830. The third-order valence-corrected chi connectivity index (χ3v) is 3.95. The first-order valence-electron chi connectivity index (χ1n) is 5.65. The van der Waals surface area contributed by atoms with Crippen LogP contribution in [-0.2, 0) is 7.05 Å². The van der Waals surface area contributed by atoms with Gasteiger partial charge in [-0.1, -0.05) is 6.92 Å². The molecule has 0 saturated heterocycles. The van der Waals surface area contributed by atoms with Crippen molar-refractivity contribution in [2.24, 2.45) is 12.8 Å². The summed E-state index contributed by atoms with van der Waals surface area (Å²) in [6.07, 6.45) is 6.44. The van der Waals surface area contributed by atoms with E-state index < -0.39 is 0 Å². The van der Waals surface area contributed by atoms with E-state index in [0.717, 1.165) is 17.1 Å². The molecule has 0 spiro atoms. The van der Waals surface area contributed by atoms with Crippen molar-refractivity contribution in [1.29, 1.82) is 0 Å². The lowest BCUT2D eigenvalue weighted by Crippen LogP contribution is -2.25. The highest BCUT2D eigenvalue weighted by atomic mass is 32.2. The third-order valence-electron chi connectivity index (χ3n) is 2.63. The highest BCUT2D eigenvalue weighted by Crippen LogP contribution is 2.37. The van der Waals surface area contributed by atoms with Gasteiger partial charge in [-0.05, 0) is 18.6 Å². The molecule has 0 radical (unpaired) electrons. The van der Waals surface area contributed by atoms with Crippen LogP contribution in [0.4, 0.5) is 0 Å². The van der Waals surface area contributed by atoms with Gasteiger partial charge in [0.2, 0.25) is 0 Å². The molecule has 0 aliphatic heterocycles. The van der Waals surface area contributed by atoms with Gasteiger partial charge < -0.3 is 10.2 Å². The molecule has 0 bridgehead atoms. The molecule has 2 aromatic heterocycles. The zero-order valence-corrected chi connectivity index (χ0v) is 10.9. The number of nitrogens with two attached hydrogens (primary N) is 1. The van der Waals surface area contributed by atoms with Gasteiger partial charge >= 0.3 is 0 Å². The van der Waals surface area contributed by atoms with Crippen molar-refractivity contribution in [1.82, 2.24) is 9.78 Å². The molecule has 2 unspecified atom stereocenters. The SMILES string of the molecule is CCC(N)C(Sc1cnn(C)c1)c1ccco1. The van der Waals surface area contributed by atoms with Crippen LogP contribution in [0.1, 0.15) is 24.4 Å². The summed E-state index contributed by atoms with van der Waals surface area (Å²) in [5.74, 6) is 0.924. The molecular weight excluding hydrogens is 234 g/mol. The second kappa shape index (κ2) is 5.42. The Hall–Kier alpha value is -1.20. The molecule has 0 aliphatic carbocycles. The molecule has 5 heteroatoms. The molecule has 2 aromatic rings. The highest BCUT2D eigenvalue weighted by molar-refractivity contribution is 7.99. The zero-order chi connectivity index (χ0) is 12.3. The molecule has 0 amide bonds. The Morgan fingerprint density at radius 2 is 2.41 bits per heavy atom. The summed E-state index contributed by atoms with van der Waals surface area (Å²) in [6, 6.07) is 3.95. The highest BCUT2D eigenvalue weighted by Gasteiger charge is 2.22. The van der Waals surface area contributed by atoms with Gasteiger partial charge in [-0.25, -0.2) is 0 Å². The molecule has 92 valence electrons. The summed E-state index contributed by atoms with van der Waals surface area (Å²) in [5.41, 5.74) is 6.16. The Balaban J connectivity index is 2.17. The standard InChI is InChI=1S/C12H17N3OS/c1-3-10(13)12(11-5-4-6-16-11)17-9-7-14-15(2)8-9/h4-8,10,12H,3,13H2,1-2H3. The molecule has 17 heavy (non-hydrogen) atoms. The Labute approximate surface area is 105 Å². The maximum absolute atomic E-state index is 6.16. The molecule has 0 aliphatic rings. The van der Waals surface area contributed by atoms with Crippen molar-refractivity contribution in [2.75, 3.05) is 0 Å². The van der Waals surface area contributed by atoms with E-state index in [1.54, 1.807) is 22.7 Å². The van der Waals surface area contributed by atoms with Crippen molar-refractivity contribution in [3.63, 3.8) is 0 Å². The second-order valence-electron chi connectivity index (χ2n) is 3.98. The number of rotatable bonds is 5. The summed E-state index contributed by atoms with van der Waals surface area (Å²) in [7, 11) is 1.91. The van der Waals surface area contributed by atoms with Crippen LogP contribution < -0.4 is 5.73 Å². The van der Waals surface area contributed by atoms with E-state index in [4.69, 9.17) is 10.2 Å². The van der Waals surface area contributed by atoms with Crippen LogP contribution in [0.2, 0.25) is 0 Å². The molecule has 2 N–H and O–H groups in total. The minimum Gasteiger partial charge on any atom is -0.468 e. The zero-order valence-electron chi connectivity index (χ0n) is 10.0. The molecular formula is C12H17N3OS. The number of nitrogens with zero attached hydrogens (tertiary/aromatic N) is 2. The van der Waals surface area contributed by atoms with E-state index in [2.05, 4.69) is 12.0 Å². The minimum atomic E-state index is 0.0753. The third kappa shape index (κ3) is 2.92. The monoisotopic (exact) mass is 251 g/mol. The molecule has 0 saturated carbocycles. The van der Waals surface area contributed by atoms with Crippen molar-refractivity contribution in [3.05, 3.63) is 36.5 Å². The van der Waals surface area contributed by atoms with E-state index in [9.17, 15) is 0 Å². The predicted octanol–water partition coefficient (Wildman–Crippen LogP) is 2.58. The average molecular weight is 251 g/mol. The lowest BCUT2D eigenvalue weighted by Gasteiger charge is -2.19. The van der Waals surface area contributed by atoms with Gasteiger partial charge in [-0.3, -0.25) is 4.68 Å². The van der Waals surface area contributed by atoms with Gasteiger partial charge in [0.05, 0.1) is 17.7 Å². The Morgan fingerprint density at radius 1 is 1.59 bits per heavy atom. The Bertz CT molecular complexity index is 452.